The van der Waals surface area contributed by atoms with E-state index in [0.29, 0.717) is 0 Å². The van der Waals surface area contributed by atoms with Crippen LogP contribution in [0.4, 0.5) is 5.00 Å². The number of likely N-dealkylation sites (tertiary alicyclic amines) is 1. The molecule has 0 aromatic carbocycles. The highest BCUT2D eigenvalue weighted by Crippen LogP contribution is 2.37. The highest BCUT2D eigenvalue weighted by atomic mass is 32.1. The minimum atomic E-state index is 0.814. The van der Waals surface area contributed by atoms with Crippen LogP contribution in [0.15, 0.2) is 0 Å². The van der Waals surface area contributed by atoms with Crippen LogP contribution in [0.3, 0.4) is 0 Å². The smallest absolute Gasteiger partial charge is 0.134 e. The fourth-order valence-corrected chi connectivity index (χ4v) is 4.17. The second-order valence-corrected chi connectivity index (χ2v) is 6.60. The Morgan fingerprint density at radius 3 is 3.11 bits per heavy atom. The number of anilines is 1. The number of hydrogen-bond donors (Lipinski definition) is 1. The van der Waals surface area contributed by atoms with E-state index in [1.54, 1.807) is 0 Å². The van der Waals surface area contributed by atoms with Crippen molar-refractivity contribution in [1.82, 2.24) is 14.5 Å². The monoisotopic (exact) mass is 280 g/mol. The third kappa shape index (κ3) is 2.92. The van der Waals surface area contributed by atoms with Gasteiger partial charge in [-0.25, -0.2) is 0 Å². The van der Waals surface area contributed by atoms with Gasteiger partial charge in [-0.15, -0.1) is 5.10 Å². The van der Waals surface area contributed by atoms with Gasteiger partial charge < -0.3 is 5.32 Å². The number of aromatic nitrogens is 2. The first-order valence-corrected chi connectivity index (χ1v) is 8.45. The average Bonchev–Trinajstić information content (AvgIpc) is 3.05. The van der Waals surface area contributed by atoms with Gasteiger partial charge in [-0.2, -0.15) is 0 Å². The Morgan fingerprint density at radius 2 is 2.21 bits per heavy atom. The highest BCUT2D eigenvalue weighted by Gasteiger charge is 2.36. The van der Waals surface area contributed by atoms with Crippen LogP contribution in [-0.2, 0) is 6.54 Å². The van der Waals surface area contributed by atoms with Crippen LogP contribution in [0.1, 0.15) is 51.1 Å². The molecule has 5 heteroatoms. The summed E-state index contributed by atoms with van der Waals surface area (Å²) in [7, 11) is 0. The maximum absolute atomic E-state index is 4.33. The first-order valence-electron chi connectivity index (χ1n) is 7.67. The Kier molecular flexibility index (Phi) is 4.33. The lowest BCUT2D eigenvalue weighted by molar-refractivity contribution is 0.174. The van der Waals surface area contributed by atoms with Gasteiger partial charge in [0.05, 0.1) is 0 Å². The summed E-state index contributed by atoms with van der Waals surface area (Å²) in [6.07, 6.45) is 8.22. The normalized spacial score (nSPS) is 27.4. The van der Waals surface area contributed by atoms with Gasteiger partial charge in [0.25, 0.3) is 0 Å². The van der Waals surface area contributed by atoms with Crippen molar-refractivity contribution < 1.29 is 0 Å². The van der Waals surface area contributed by atoms with Crippen molar-refractivity contribution in [3.8, 4) is 0 Å². The summed E-state index contributed by atoms with van der Waals surface area (Å²) < 4.78 is 4.12. The minimum absolute atomic E-state index is 0.814. The molecule has 0 spiro atoms. The van der Waals surface area contributed by atoms with Crippen LogP contribution in [-0.4, -0.2) is 33.6 Å². The quantitative estimate of drug-likeness (QED) is 0.899. The molecule has 1 aliphatic carbocycles. The van der Waals surface area contributed by atoms with E-state index >= 15 is 0 Å². The van der Waals surface area contributed by atoms with Gasteiger partial charge in [0.15, 0.2) is 0 Å². The third-order valence-electron chi connectivity index (χ3n) is 4.57. The van der Waals surface area contributed by atoms with Gasteiger partial charge >= 0.3 is 0 Å². The summed E-state index contributed by atoms with van der Waals surface area (Å²) >= 11 is 1.50. The zero-order valence-corrected chi connectivity index (χ0v) is 12.6. The van der Waals surface area contributed by atoms with Crippen molar-refractivity contribution >= 4 is 16.5 Å². The molecule has 2 fully saturated rings. The molecule has 4 nitrogen and oxygen atoms in total. The summed E-state index contributed by atoms with van der Waals surface area (Å²) in [6, 6.07) is 0.814. The van der Waals surface area contributed by atoms with Crippen molar-refractivity contribution in [2.24, 2.45) is 5.92 Å². The van der Waals surface area contributed by atoms with Crippen LogP contribution >= 0.6 is 11.5 Å². The topological polar surface area (TPSA) is 41.1 Å². The largest absolute Gasteiger partial charge is 0.374 e. The van der Waals surface area contributed by atoms with Gasteiger partial charge in [-0.1, -0.05) is 24.3 Å². The van der Waals surface area contributed by atoms with E-state index in [9.17, 15) is 0 Å². The molecule has 2 atom stereocenters. The van der Waals surface area contributed by atoms with E-state index in [1.807, 2.05) is 0 Å². The van der Waals surface area contributed by atoms with Crippen LogP contribution in [0.25, 0.3) is 0 Å². The number of hydrogen-bond acceptors (Lipinski definition) is 5. The van der Waals surface area contributed by atoms with E-state index in [4.69, 9.17) is 0 Å². The van der Waals surface area contributed by atoms with Gasteiger partial charge in [-0.3, -0.25) is 4.90 Å². The minimum Gasteiger partial charge on any atom is -0.374 e. The number of nitrogens with one attached hydrogen (secondary N) is 1. The predicted molar refractivity (Wildman–Crippen MR) is 79.5 cm³/mol. The van der Waals surface area contributed by atoms with Crippen LogP contribution in [0, 0.1) is 5.92 Å². The molecular formula is C14H24N4S. The van der Waals surface area contributed by atoms with E-state index in [0.717, 1.165) is 37.2 Å². The molecule has 1 aromatic rings. The molecule has 1 aromatic heterocycles. The van der Waals surface area contributed by atoms with E-state index in [2.05, 4.69) is 26.7 Å². The fourth-order valence-electron chi connectivity index (χ4n) is 3.58. The second kappa shape index (κ2) is 6.18. The Balaban J connectivity index is 1.63. The molecule has 1 N–H and O–H groups in total. The maximum Gasteiger partial charge on any atom is 0.134 e. The van der Waals surface area contributed by atoms with E-state index in [-0.39, 0.29) is 0 Å². The average molecular weight is 280 g/mol. The highest BCUT2D eigenvalue weighted by molar-refractivity contribution is 7.10. The van der Waals surface area contributed by atoms with Crippen molar-refractivity contribution in [3.05, 3.63) is 5.69 Å². The summed E-state index contributed by atoms with van der Waals surface area (Å²) in [5.74, 6) is 0.951. The molecule has 1 saturated heterocycles. The molecule has 0 amide bonds. The zero-order chi connectivity index (χ0) is 13.1. The lowest BCUT2D eigenvalue weighted by Gasteiger charge is -2.31. The van der Waals surface area contributed by atoms with Gasteiger partial charge in [0, 0.05) is 30.7 Å². The Morgan fingerprint density at radius 1 is 1.32 bits per heavy atom. The molecule has 106 valence electrons. The lowest BCUT2D eigenvalue weighted by Crippen LogP contribution is -2.34. The Labute approximate surface area is 119 Å². The summed E-state index contributed by atoms with van der Waals surface area (Å²) in [5.41, 5.74) is 1.16. The summed E-state index contributed by atoms with van der Waals surface area (Å²) in [4.78, 5) is 2.65. The Hall–Kier alpha value is -0.680. The molecule has 1 saturated carbocycles. The molecule has 2 aliphatic rings. The molecule has 0 radical (unpaired) electrons. The van der Waals surface area contributed by atoms with Gasteiger partial charge in [0.2, 0.25) is 0 Å². The second-order valence-electron chi connectivity index (χ2n) is 5.85. The first-order chi connectivity index (χ1) is 9.38. The molecule has 0 bridgehead atoms. The van der Waals surface area contributed by atoms with Crippen LogP contribution in [0.2, 0.25) is 0 Å². The van der Waals surface area contributed by atoms with E-state index < -0.39 is 0 Å². The number of nitrogens with zero attached hydrogens (tertiary/aromatic N) is 3. The standard InChI is InChI=1S/C14H24N4S/c1-2-8-15-14-12(16-17-19-14)10-18-9-7-11-5-3-4-6-13(11)18/h11,13,15H,2-10H2,1H3. The fraction of sp³-hybridized carbons (Fsp3) is 0.857. The molecule has 1 aliphatic heterocycles. The van der Waals surface area contributed by atoms with Crippen molar-refractivity contribution in [1.29, 1.82) is 0 Å². The third-order valence-corrected chi connectivity index (χ3v) is 5.30. The molecular weight excluding hydrogens is 256 g/mol. The first kappa shape index (κ1) is 13.3. The lowest BCUT2D eigenvalue weighted by atomic mass is 9.85. The van der Waals surface area contributed by atoms with Crippen molar-refractivity contribution in [2.75, 3.05) is 18.4 Å². The van der Waals surface area contributed by atoms with Crippen LogP contribution < -0.4 is 5.32 Å². The number of rotatable bonds is 5. The molecule has 19 heavy (non-hydrogen) atoms. The number of fused-ring (bicyclic) bond motifs is 1. The predicted octanol–water partition coefficient (Wildman–Crippen LogP) is 3.12. The Bertz CT molecular complexity index is 406. The van der Waals surface area contributed by atoms with Crippen LogP contribution in [0.5, 0.6) is 0 Å². The molecule has 3 rings (SSSR count). The summed E-state index contributed by atoms with van der Waals surface area (Å²) in [6.45, 7) is 5.45. The van der Waals surface area contributed by atoms with Gasteiger partial charge in [-0.05, 0) is 38.1 Å². The zero-order valence-electron chi connectivity index (χ0n) is 11.8. The SMILES string of the molecule is CCCNc1snnc1CN1CCC2CCCCC21. The van der Waals surface area contributed by atoms with Crippen molar-refractivity contribution in [2.45, 2.75) is 58.0 Å². The summed E-state index contributed by atoms with van der Waals surface area (Å²) in [5, 5.41) is 8.97. The molecule has 2 unspecified atom stereocenters. The van der Waals surface area contributed by atoms with Crippen molar-refractivity contribution in [3.63, 3.8) is 0 Å². The maximum atomic E-state index is 4.33. The molecule has 2 heterocycles. The van der Waals surface area contributed by atoms with E-state index in [1.165, 1.54) is 55.2 Å². The van der Waals surface area contributed by atoms with Gasteiger partial charge in [0.1, 0.15) is 10.7 Å².